The van der Waals surface area contributed by atoms with Gasteiger partial charge in [-0.15, -0.1) is 0 Å². The van der Waals surface area contributed by atoms with Crippen molar-refractivity contribution in [2.24, 2.45) is 0 Å². The monoisotopic (exact) mass is 303 g/mol. The number of hydrogen-bond acceptors (Lipinski definition) is 2. The minimum Gasteiger partial charge on any atom is -0.486 e. The van der Waals surface area contributed by atoms with E-state index in [1.807, 2.05) is 13.8 Å². The summed E-state index contributed by atoms with van der Waals surface area (Å²) in [5.74, 6) is 0.504. The highest BCUT2D eigenvalue weighted by Gasteiger charge is 2.24. The largest absolute Gasteiger partial charge is 0.486 e. The summed E-state index contributed by atoms with van der Waals surface area (Å²) in [4.78, 5) is 11.6. The van der Waals surface area contributed by atoms with Crippen molar-refractivity contribution in [2.45, 2.75) is 26.4 Å². The van der Waals surface area contributed by atoms with Gasteiger partial charge in [-0.2, -0.15) is 0 Å². The van der Waals surface area contributed by atoms with Crippen molar-refractivity contribution in [3.05, 3.63) is 21.1 Å². The molecule has 5 heteroatoms. The summed E-state index contributed by atoms with van der Waals surface area (Å²) in [6.07, 6.45) is 0.168. The van der Waals surface area contributed by atoms with Gasteiger partial charge >= 0.3 is 0 Å². The maximum Gasteiger partial charge on any atom is 0.228 e. The van der Waals surface area contributed by atoms with E-state index in [2.05, 4.69) is 21.2 Å². The average molecular weight is 305 g/mol. The molecule has 1 atom stereocenters. The van der Waals surface area contributed by atoms with Gasteiger partial charge in [0.2, 0.25) is 5.91 Å². The fourth-order valence-corrected chi connectivity index (χ4v) is 2.46. The summed E-state index contributed by atoms with van der Waals surface area (Å²) in [5, 5.41) is 3.33. The molecule has 0 aliphatic carbocycles. The number of carbonyl (C=O) groups excluding carboxylic acids is 1. The topological polar surface area (TPSA) is 38.3 Å². The normalized spacial score (nSPS) is 19.5. The number of benzene rings is 1. The van der Waals surface area contributed by atoms with E-state index in [1.165, 1.54) is 0 Å². The smallest absolute Gasteiger partial charge is 0.228 e. The number of fused-ring (bicyclic) bond motifs is 1. The van der Waals surface area contributed by atoms with Crippen LogP contribution in [-0.4, -0.2) is 12.0 Å². The zero-order chi connectivity index (χ0) is 11.9. The van der Waals surface area contributed by atoms with Crippen molar-refractivity contribution >= 4 is 39.1 Å². The Hall–Kier alpha value is -0.740. The zero-order valence-electron chi connectivity index (χ0n) is 8.93. The van der Waals surface area contributed by atoms with E-state index in [0.29, 0.717) is 22.9 Å². The van der Waals surface area contributed by atoms with E-state index in [0.717, 1.165) is 10.0 Å². The molecule has 2 rings (SSSR count). The van der Waals surface area contributed by atoms with E-state index in [1.54, 1.807) is 6.07 Å². The van der Waals surface area contributed by atoms with Gasteiger partial charge in [0.05, 0.1) is 17.1 Å². The number of rotatable bonds is 0. The minimum absolute atomic E-state index is 0.0523. The third-order valence-corrected chi connectivity index (χ3v) is 3.59. The molecule has 0 radical (unpaired) electrons. The van der Waals surface area contributed by atoms with E-state index in [9.17, 15) is 4.79 Å². The van der Waals surface area contributed by atoms with Crippen LogP contribution >= 0.6 is 27.5 Å². The zero-order valence-corrected chi connectivity index (χ0v) is 11.3. The maximum absolute atomic E-state index is 11.6. The van der Waals surface area contributed by atoms with E-state index >= 15 is 0 Å². The second-order valence-corrected chi connectivity index (χ2v) is 5.11. The third kappa shape index (κ3) is 2.04. The Bertz CT molecular complexity index is 462. The summed E-state index contributed by atoms with van der Waals surface area (Å²) in [6.45, 7) is 3.75. The quantitative estimate of drug-likeness (QED) is 0.796. The van der Waals surface area contributed by atoms with Crippen molar-refractivity contribution in [3.8, 4) is 5.75 Å². The molecule has 1 aromatic rings. The number of halogens is 2. The maximum atomic E-state index is 11.6. The first-order chi connectivity index (χ1) is 7.49. The van der Waals surface area contributed by atoms with Crippen molar-refractivity contribution in [2.75, 3.05) is 5.32 Å². The van der Waals surface area contributed by atoms with Gasteiger partial charge in [-0.3, -0.25) is 4.79 Å². The van der Waals surface area contributed by atoms with Crippen LogP contribution in [0.3, 0.4) is 0 Å². The van der Waals surface area contributed by atoms with Crippen LogP contribution in [0.4, 0.5) is 5.69 Å². The van der Waals surface area contributed by atoms with Crippen LogP contribution < -0.4 is 10.1 Å². The lowest BCUT2D eigenvalue weighted by Gasteiger charge is -2.15. The molecule has 1 N–H and O–H groups in total. The summed E-state index contributed by atoms with van der Waals surface area (Å²) >= 11 is 9.49. The molecule has 1 aromatic carbocycles. The lowest BCUT2D eigenvalue weighted by molar-refractivity contribution is -0.117. The number of nitrogens with one attached hydrogen (secondary N) is 1. The summed E-state index contributed by atoms with van der Waals surface area (Å²) in [7, 11) is 0. The number of hydrogen-bond donors (Lipinski definition) is 1. The molecule has 1 amide bonds. The number of amides is 1. The van der Waals surface area contributed by atoms with Crippen LogP contribution in [0.15, 0.2) is 10.5 Å². The Morgan fingerprint density at radius 1 is 1.62 bits per heavy atom. The molecule has 0 aromatic heterocycles. The first kappa shape index (κ1) is 11.7. The van der Waals surface area contributed by atoms with Crippen LogP contribution in [0, 0.1) is 6.92 Å². The summed E-state index contributed by atoms with van der Waals surface area (Å²) in [5.41, 5.74) is 1.58. The molecule has 1 aliphatic rings. The molecule has 1 unspecified atom stereocenters. The Morgan fingerprint density at radius 3 is 3.00 bits per heavy atom. The Kier molecular flexibility index (Phi) is 3.13. The molecule has 0 bridgehead atoms. The van der Waals surface area contributed by atoms with Crippen LogP contribution in [0.1, 0.15) is 18.9 Å². The fraction of sp³-hybridized carbons (Fsp3) is 0.364. The fourth-order valence-electron chi connectivity index (χ4n) is 1.65. The van der Waals surface area contributed by atoms with Gasteiger partial charge < -0.3 is 10.1 Å². The standard InChI is InChI=1S/C11H11BrClNO2/c1-5-3-9(15)14-10-6(2)7(12)4-8(13)11(10)16-5/h4-5H,3H2,1-2H3,(H,14,15). The van der Waals surface area contributed by atoms with Gasteiger partial charge in [-0.05, 0) is 25.5 Å². The van der Waals surface area contributed by atoms with Crippen molar-refractivity contribution in [3.63, 3.8) is 0 Å². The SMILES string of the molecule is Cc1c(Br)cc(Cl)c2c1NC(=O)CC(C)O2. The third-order valence-electron chi connectivity index (χ3n) is 2.49. The number of carbonyl (C=O) groups is 1. The Morgan fingerprint density at radius 2 is 2.31 bits per heavy atom. The highest BCUT2D eigenvalue weighted by molar-refractivity contribution is 9.10. The lowest BCUT2D eigenvalue weighted by atomic mass is 10.2. The second kappa shape index (κ2) is 4.26. The van der Waals surface area contributed by atoms with Crippen molar-refractivity contribution < 1.29 is 9.53 Å². The van der Waals surface area contributed by atoms with Crippen LogP contribution in [0.25, 0.3) is 0 Å². The van der Waals surface area contributed by atoms with Gasteiger partial charge in [-0.1, -0.05) is 27.5 Å². The molecule has 16 heavy (non-hydrogen) atoms. The predicted molar refractivity (Wildman–Crippen MR) is 67.2 cm³/mol. The van der Waals surface area contributed by atoms with E-state index in [-0.39, 0.29) is 12.0 Å². The van der Waals surface area contributed by atoms with Gasteiger partial charge in [0, 0.05) is 4.47 Å². The van der Waals surface area contributed by atoms with E-state index < -0.39 is 0 Å². The molecular weight excluding hydrogens is 293 g/mol. The second-order valence-electron chi connectivity index (χ2n) is 3.85. The molecule has 3 nitrogen and oxygen atoms in total. The van der Waals surface area contributed by atoms with Crippen LogP contribution in [0.2, 0.25) is 5.02 Å². The van der Waals surface area contributed by atoms with Gasteiger partial charge in [0.15, 0.2) is 5.75 Å². The average Bonchev–Trinajstić information content (AvgIpc) is 2.33. The number of anilines is 1. The van der Waals surface area contributed by atoms with Gasteiger partial charge in [0.25, 0.3) is 0 Å². The molecule has 1 heterocycles. The molecule has 0 saturated carbocycles. The predicted octanol–water partition coefficient (Wildman–Crippen LogP) is 3.52. The highest BCUT2D eigenvalue weighted by Crippen LogP contribution is 2.41. The Balaban J connectivity index is 2.60. The van der Waals surface area contributed by atoms with Gasteiger partial charge in [-0.25, -0.2) is 0 Å². The van der Waals surface area contributed by atoms with Crippen molar-refractivity contribution in [1.82, 2.24) is 0 Å². The van der Waals surface area contributed by atoms with Crippen LogP contribution in [0.5, 0.6) is 5.75 Å². The Labute approximate surface area is 107 Å². The van der Waals surface area contributed by atoms with Crippen molar-refractivity contribution in [1.29, 1.82) is 0 Å². The summed E-state index contributed by atoms with van der Waals surface area (Å²) in [6, 6.07) is 1.78. The first-order valence-electron chi connectivity index (χ1n) is 4.94. The number of ether oxygens (including phenoxy) is 1. The molecule has 1 aliphatic heterocycles. The minimum atomic E-state index is -0.167. The molecule has 0 spiro atoms. The van der Waals surface area contributed by atoms with E-state index in [4.69, 9.17) is 16.3 Å². The molecular formula is C11H11BrClNO2. The first-order valence-corrected chi connectivity index (χ1v) is 6.11. The molecule has 0 fully saturated rings. The van der Waals surface area contributed by atoms with Crippen LogP contribution in [-0.2, 0) is 4.79 Å². The highest BCUT2D eigenvalue weighted by atomic mass is 79.9. The molecule has 0 saturated heterocycles. The summed E-state index contributed by atoms with van der Waals surface area (Å²) < 4.78 is 6.51. The molecule has 86 valence electrons. The lowest BCUT2D eigenvalue weighted by Crippen LogP contribution is -2.17. The van der Waals surface area contributed by atoms with Gasteiger partial charge in [0.1, 0.15) is 6.10 Å².